The zero-order valence-electron chi connectivity index (χ0n) is 40.0. The van der Waals surface area contributed by atoms with Crippen LogP contribution in [-0.4, -0.2) is 12.6 Å². The summed E-state index contributed by atoms with van der Waals surface area (Å²) in [5, 5.41) is 10.2. The van der Waals surface area contributed by atoms with Crippen LogP contribution in [0.1, 0.15) is 41.0 Å². The zero-order chi connectivity index (χ0) is 47.9. The number of fused-ring (bicyclic) bond motifs is 6. The van der Waals surface area contributed by atoms with Gasteiger partial charge in [-0.25, -0.2) is 0 Å². The maximum absolute atomic E-state index is 6.25. The third kappa shape index (κ3) is 6.20. The molecular weight excluding hydrogens is 887 g/mol. The van der Waals surface area contributed by atoms with Crippen LogP contribution in [0.2, 0.25) is 0 Å². The van der Waals surface area contributed by atoms with Crippen LogP contribution >= 0.6 is 0 Å². The van der Waals surface area contributed by atoms with Crippen molar-refractivity contribution in [1.82, 2.24) is 4.57 Å². The summed E-state index contributed by atoms with van der Waals surface area (Å²) in [4.78, 5) is 0. The van der Waals surface area contributed by atoms with Gasteiger partial charge in [0.2, 0.25) is 0 Å². The molecule has 0 saturated carbocycles. The highest BCUT2D eigenvalue weighted by Crippen LogP contribution is 2.59. The molecule has 2 nitrogen and oxygen atoms in total. The quantitative estimate of drug-likeness (QED) is 0.0801. The molecule has 3 aliphatic carbocycles. The normalized spacial score (nSPS) is 15.4. The van der Waals surface area contributed by atoms with Crippen molar-refractivity contribution in [2.45, 2.75) is 18.8 Å². The Morgan fingerprint density at radius 3 is 1.69 bits per heavy atom. The van der Waals surface area contributed by atoms with E-state index in [1.54, 1.807) is 0 Å². The molecule has 10 aromatic carbocycles. The van der Waals surface area contributed by atoms with Gasteiger partial charge in [0, 0.05) is 33.4 Å². The van der Waals surface area contributed by atoms with Gasteiger partial charge in [0.15, 0.2) is 8.07 Å². The maximum Gasteiger partial charge on any atom is 0.179 e. The largest absolute Gasteiger partial charge is 0.456 e. The Bertz CT molecular complexity index is 4140. The summed E-state index contributed by atoms with van der Waals surface area (Å²) in [6, 6.07) is 90.4. The number of hydrogen-bond acceptors (Lipinski definition) is 1. The SMILES string of the molecule is C=C/C=C(\C1=C(C)C2c3ccccc3C1c1c2cccc1-n1c2ccccc2c2cc(-c3ccc4oc5ccccc5c4c3)ccc21)[Si](c1ccccc1)(c1ccccc1)c1ccc(-c2ccccc2)cc1. The zero-order valence-corrected chi connectivity index (χ0v) is 41.0. The van der Waals surface area contributed by atoms with Crippen molar-refractivity contribution in [1.29, 1.82) is 0 Å². The second-order valence-electron chi connectivity index (χ2n) is 19.5. The van der Waals surface area contributed by atoms with Gasteiger partial charge in [-0.2, -0.15) is 0 Å². The van der Waals surface area contributed by atoms with Crippen LogP contribution in [0, 0.1) is 0 Å². The Morgan fingerprint density at radius 1 is 0.444 bits per heavy atom. The number of furan rings is 1. The molecule has 0 aliphatic heterocycles. The van der Waals surface area contributed by atoms with Crippen LogP contribution in [0.25, 0.3) is 71.7 Å². The molecule has 2 unspecified atom stereocenters. The molecule has 0 N–H and O–H groups in total. The van der Waals surface area contributed by atoms with Gasteiger partial charge in [-0.05, 0) is 120 Å². The van der Waals surface area contributed by atoms with Crippen LogP contribution in [0.3, 0.4) is 0 Å². The molecule has 2 atom stereocenters. The van der Waals surface area contributed by atoms with E-state index in [0.29, 0.717) is 0 Å². The van der Waals surface area contributed by atoms with E-state index in [0.717, 1.165) is 21.9 Å². The minimum Gasteiger partial charge on any atom is -0.456 e. The fraction of sp³-hybridized carbons (Fsp3) is 0.0435. The second kappa shape index (κ2) is 16.7. The Hall–Kier alpha value is -8.76. The molecule has 15 rings (SSSR count). The third-order valence-electron chi connectivity index (χ3n) is 15.9. The van der Waals surface area contributed by atoms with Gasteiger partial charge < -0.3 is 8.98 Å². The number of para-hydroxylation sites is 2. The molecule has 2 heterocycles. The van der Waals surface area contributed by atoms with E-state index in [4.69, 9.17) is 4.42 Å². The van der Waals surface area contributed by atoms with Gasteiger partial charge in [-0.1, -0.05) is 224 Å². The van der Waals surface area contributed by atoms with Crippen LogP contribution < -0.4 is 15.6 Å². The first kappa shape index (κ1) is 42.1. The van der Waals surface area contributed by atoms with E-state index in [9.17, 15) is 0 Å². The average Bonchev–Trinajstić information content (AvgIpc) is 3.99. The number of hydrogen-bond donors (Lipinski definition) is 0. The highest BCUT2D eigenvalue weighted by molar-refractivity contribution is 7.16. The van der Waals surface area contributed by atoms with Crippen molar-refractivity contribution in [3.63, 3.8) is 0 Å². The van der Waals surface area contributed by atoms with Gasteiger partial charge >= 0.3 is 0 Å². The van der Waals surface area contributed by atoms with Gasteiger partial charge in [0.25, 0.3) is 0 Å². The molecule has 72 heavy (non-hydrogen) atoms. The van der Waals surface area contributed by atoms with Crippen molar-refractivity contribution in [3.8, 4) is 27.9 Å². The van der Waals surface area contributed by atoms with E-state index < -0.39 is 8.07 Å². The Balaban J connectivity index is 1.01. The summed E-state index contributed by atoms with van der Waals surface area (Å²) >= 11 is 0. The van der Waals surface area contributed by atoms with E-state index in [1.165, 1.54) is 104 Å². The first-order valence-corrected chi connectivity index (χ1v) is 27.1. The summed E-state index contributed by atoms with van der Waals surface area (Å²) in [6.07, 6.45) is 4.45. The monoisotopic (exact) mass is 935 g/mol. The summed E-state index contributed by atoms with van der Waals surface area (Å²) in [5.41, 5.74) is 18.6. The summed E-state index contributed by atoms with van der Waals surface area (Å²) in [6.45, 7) is 6.94. The van der Waals surface area contributed by atoms with Crippen LogP contribution in [0.15, 0.2) is 282 Å². The minimum absolute atomic E-state index is 0.0570. The van der Waals surface area contributed by atoms with Crippen LogP contribution in [-0.2, 0) is 0 Å². The number of nitrogens with zero attached hydrogens (tertiary/aromatic N) is 1. The predicted octanol–water partition coefficient (Wildman–Crippen LogP) is 15.7. The van der Waals surface area contributed by atoms with E-state index >= 15 is 0 Å². The molecule has 0 saturated heterocycles. The molecule has 2 aromatic heterocycles. The van der Waals surface area contributed by atoms with Gasteiger partial charge in [0.05, 0.1) is 16.7 Å². The second-order valence-corrected chi connectivity index (χ2v) is 23.3. The number of allylic oxidation sites excluding steroid dienone is 5. The lowest BCUT2D eigenvalue weighted by atomic mass is 9.60. The van der Waals surface area contributed by atoms with Crippen molar-refractivity contribution < 1.29 is 4.42 Å². The van der Waals surface area contributed by atoms with Crippen LogP contribution in [0.4, 0.5) is 0 Å². The van der Waals surface area contributed by atoms with Gasteiger partial charge in [-0.15, -0.1) is 0 Å². The average molecular weight is 936 g/mol. The molecular formula is C69H49NOSi. The Kier molecular flexibility index (Phi) is 9.77. The lowest BCUT2D eigenvalue weighted by Gasteiger charge is -2.48. The number of rotatable bonds is 9. The lowest BCUT2D eigenvalue weighted by Crippen LogP contribution is -2.69. The molecule has 12 aromatic rings. The van der Waals surface area contributed by atoms with Gasteiger partial charge in [-0.3, -0.25) is 0 Å². The minimum atomic E-state index is -3.13. The Labute approximate surface area is 420 Å². The van der Waals surface area contributed by atoms with Crippen LogP contribution in [0.5, 0.6) is 0 Å². The summed E-state index contributed by atoms with van der Waals surface area (Å²) in [7, 11) is -3.13. The molecule has 0 radical (unpaired) electrons. The fourth-order valence-electron chi connectivity index (χ4n) is 12.9. The molecule has 0 spiro atoms. The Morgan fingerprint density at radius 2 is 0.972 bits per heavy atom. The number of aromatic nitrogens is 1. The predicted molar refractivity (Wildman–Crippen MR) is 304 cm³/mol. The summed E-state index contributed by atoms with van der Waals surface area (Å²) in [5.74, 6) is 0.00942. The van der Waals surface area contributed by atoms with Crippen molar-refractivity contribution >= 4 is 67.4 Å². The van der Waals surface area contributed by atoms with E-state index in [2.05, 4.69) is 267 Å². The van der Waals surface area contributed by atoms with Crippen molar-refractivity contribution in [3.05, 3.63) is 300 Å². The topological polar surface area (TPSA) is 18.1 Å². The summed E-state index contributed by atoms with van der Waals surface area (Å²) < 4.78 is 8.81. The molecule has 3 aliphatic rings. The van der Waals surface area contributed by atoms with E-state index in [1.807, 2.05) is 6.07 Å². The smallest absolute Gasteiger partial charge is 0.179 e. The molecule has 0 fully saturated rings. The lowest BCUT2D eigenvalue weighted by molar-refractivity contribution is 0.669. The standard InChI is InChI=1S/C69H49NOSi/c1-3-20-65(72(50-23-9-5-10-24-50,51-25-11-6-12-26-51)52-39-35-47(36-40-52)46-21-7-4-8-22-46)67-45(2)66-55-29-13-14-30-56(55)69(67)68-57(66)31-19-33-62(68)70-60-32-17-15-27-53(60)58-43-48(37-41-61(58)70)49-38-42-64-59(44-49)54-28-16-18-34-63(54)71-64/h3-44,66,69H,1H2,2H3/b65-20+. The molecule has 340 valence electrons. The van der Waals surface area contributed by atoms with E-state index in [-0.39, 0.29) is 11.8 Å². The molecule has 0 amide bonds. The number of benzene rings is 10. The first-order chi connectivity index (χ1) is 35.6. The fourth-order valence-corrected chi connectivity index (χ4v) is 18.0. The molecule has 3 heteroatoms. The van der Waals surface area contributed by atoms with Gasteiger partial charge in [0.1, 0.15) is 11.2 Å². The molecule has 2 bridgehead atoms. The third-order valence-corrected chi connectivity index (χ3v) is 20.8. The van der Waals surface area contributed by atoms with Crippen molar-refractivity contribution in [2.24, 2.45) is 0 Å². The highest BCUT2D eigenvalue weighted by atomic mass is 28.3. The maximum atomic E-state index is 6.25. The highest BCUT2D eigenvalue weighted by Gasteiger charge is 2.51. The first-order valence-electron chi connectivity index (χ1n) is 25.1. The van der Waals surface area contributed by atoms with Crippen molar-refractivity contribution in [2.75, 3.05) is 0 Å².